The topological polar surface area (TPSA) is 20.3 Å². The number of hydrogen-bond donors (Lipinski definition) is 0. The van der Waals surface area contributed by atoms with E-state index in [1.54, 1.807) is 0 Å². The first-order valence-corrected chi connectivity index (χ1v) is 5.33. The number of benzene rings is 1. The van der Waals surface area contributed by atoms with Crippen molar-refractivity contribution in [2.45, 2.75) is 12.8 Å². The van der Waals surface area contributed by atoms with Gasteiger partial charge in [-0.1, -0.05) is 24.3 Å². The number of fused-ring (bicyclic) bond motifs is 2. The molecule has 15 heavy (non-hydrogen) atoms. The molecule has 2 nitrogen and oxygen atoms in total. The van der Waals surface area contributed by atoms with Gasteiger partial charge < -0.3 is 4.90 Å². The van der Waals surface area contributed by atoms with Gasteiger partial charge in [0.2, 0.25) is 0 Å². The van der Waals surface area contributed by atoms with Crippen LogP contribution in [0.15, 0.2) is 30.0 Å². The Morgan fingerprint density at radius 1 is 1.27 bits per heavy atom. The van der Waals surface area contributed by atoms with Crippen molar-refractivity contribution in [3.8, 4) is 0 Å². The van der Waals surface area contributed by atoms with Crippen molar-refractivity contribution in [2.75, 3.05) is 13.6 Å². The molecule has 1 aromatic rings. The van der Waals surface area contributed by atoms with E-state index in [4.69, 9.17) is 0 Å². The lowest BCUT2D eigenvalue weighted by molar-refractivity contribution is -0.114. The Labute approximate surface area is 89.2 Å². The Bertz CT molecular complexity index is 473. The number of ketones is 1. The van der Waals surface area contributed by atoms with E-state index in [0.717, 1.165) is 24.1 Å². The smallest absolute Gasteiger partial charge is 0.167 e. The van der Waals surface area contributed by atoms with Crippen LogP contribution in [0.3, 0.4) is 0 Å². The van der Waals surface area contributed by atoms with Crippen LogP contribution in [0.1, 0.15) is 17.5 Å². The van der Waals surface area contributed by atoms with Gasteiger partial charge in [-0.2, -0.15) is 0 Å². The zero-order valence-electron chi connectivity index (χ0n) is 8.79. The summed E-state index contributed by atoms with van der Waals surface area (Å²) in [6, 6.07) is 8.24. The van der Waals surface area contributed by atoms with E-state index in [1.165, 1.54) is 11.3 Å². The van der Waals surface area contributed by atoms with E-state index < -0.39 is 0 Å². The fourth-order valence-electron chi connectivity index (χ4n) is 2.51. The number of rotatable bonds is 0. The maximum Gasteiger partial charge on any atom is 0.167 e. The van der Waals surface area contributed by atoms with Crippen LogP contribution in [0.2, 0.25) is 0 Å². The quantitative estimate of drug-likeness (QED) is 0.635. The Morgan fingerprint density at radius 3 is 2.93 bits per heavy atom. The summed E-state index contributed by atoms with van der Waals surface area (Å²) in [4.78, 5) is 14.1. The number of Topliss-reactive ketones (excluding diaryl/α,β-unsaturated/α-hetero) is 1. The lowest BCUT2D eigenvalue weighted by Gasteiger charge is -2.26. The zero-order chi connectivity index (χ0) is 10.4. The van der Waals surface area contributed by atoms with Crippen LogP contribution in [0.25, 0.3) is 5.57 Å². The van der Waals surface area contributed by atoms with Gasteiger partial charge in [-0.25, -0.2) is 0 Å². The van der Waals surface area contributed by atoms with E-state index in [-0.39, 0.29) is 0 Å². The molecule has 2 heteroatoms. The van der Waals surface area contributed by atoms with Crippen LogP contribution in [0.5, 0.6) is 0 Å². The van der Waals surface area contributed by atoms with Gasteiger partial charge in [0.25, 0.3) is 0 Å². The highest BCUT2D eigenvalue weighted by atomic mass is 16.1. The molecule has 76 valence electrons. The van der Waals surface area contributed by atoms with Gasteiger partial charge in [-0.15, -0.1) is 0 Å². The third-order valence-corrected chi connectivity index (χ3v) is 3.35. The van der Waals surface area contributed by atoms with Gasteiger partial charge in [0.1, 0.15) is 0 Å². The second-order valence-corrected chi connectivity index (χ2v) is 4.25. The maximum absolute atomic E-state index is 11.9. The normalized spacial score (nSPS) is 19.3. The highest BCUT2D eigenvalue weighted by molar-refractivity contribution is 6.23. The SMILES string of the molecule is CN1CCC(=O)C2=C1Cc1ccccc12. The monoisotopic (exact) mass is 199 g/mol. The van der Waals surface area contributed by atoms with E-state index in [9.17, 15) is 4.79 Å². The first-order valence-electron chi connectivity index (χ1n) is 5.33. The van der Waals surface area contributed by atoms with Crippen molar-refractivity contribution in [3.63, 3.8) is 0 Å². The fraction of sp³-hybridized carbons (Fsp3) is 0.308. The summed E-state index contributed by atoms with van der Waals surface area (Å²) in [6.45, 7) is 0.867. The summed E-state index contributed by atoms with van der Waals surface area (Å²) >= 11 is 0. The van der Waals surface area contributed by atoms with Crippen molar-refractivity contribution >= 4 is 11.4 Å². The molecule has 1 heterocycles. The Hall–Kier alpha value is -1.57. The highest BCUT2D eigenvalue weighted by Crippen LogP contribution is 2.37. The lowest BCUT2D eigenvalue weighted by Crippen LogP contribution is -2.27. The van der Waals surface area contributed by atoms with Gasteiger partial charge in [-0.05, 0) is 11.1 Å². The second-order valence-electron chi connectivity index (χ2n) is 4.25. The molecule has 0 spiro atoms. The van der Waals surface area contributed by atoms with Crippen molar-refractivity contribution in [1.82, 2.24) is 4.90 Å². The Balaban J connectivity index is 2.19. The summed E-state index contributed by atoms with van der Waals surface area (Å²) in [5.41, 5.74) is 4.64. The fourth-order valence-corrected chi connectivity index (χ4v) is 2.51. The van der Waals surface area contributed by atoms with E-state index in [0.29, 0.717) is 12.2 Å². The van der Waals surface area contributed by atoms with Crippen LogP contribution >= 0.6 is 0 Å². The van der Waals surface area contributed by atoms with Crippen molar-refractivity contribution in [1.29, 1.82) is 0 Å². The number of hydrogen-bond acceptors (Lipinski definition) is 2. The van der Waals surface area contributed by atoms with Gasteiger partial charge in [0, 0.05) is 37.7 Å². The number of carbonyl (C=O) groups is 1. The van der Waals surface area contributed by atoms with Crippen molar-refractivity contribution in [3.05, 3.63) is 41.1 Å². The third-order valence-electron chi connectivity index (χ3n) is 3.35. The van der Waals surface area contributed by atoms with Gasteiger partial charge in [0.05, 0.1) is 0 Å². The van der Waals surface area contributed by atoms with Crippen LogP contribution < -0.4 is 0 Å². The molecule has 0 saturated heterocycles. The molecule has 0 saturated carbocycles. The summed E-state index contributed by atoms with van der Waals surface area (Å²) < 4.78 is 0. The molecule has 0 unspecified atom stereocenters. The number of nitrogens with zero attached hydrogens (tertiary/aromatic N) is 1. The molecule has 0 aromatic heterocycles. The number of likely N-dealkylation sites (N-methyl/N-ethyl adjacent to an activating group) is 1. The average molecular weight is 199 g/mol. The minimum absolute atomic E-state index is 0.313. The minimum Gasteiger partial charge on any atom is -0.377 e. The Kier molecular flexibility index (Phi) is 1.72. The van der Waals surface area contributed by atoms with Crippen LogP contribution in [0, 0.1) is 0 Å². The first-order chi connectivity index (χ1) is 7.27. The van der Waals surface area contributed by atoms with Crippen LogP contribution in [-0.2, 0) is 11.2 Å². The molecule has 0 radical (unpaired) electrons. The Morgan fingerprint density at radius 2 is 2.07 bits per heavy atom. The van der Waals surface area contributed by atoms with Gasteiger partial charge in [0.15, 0.2) is 5.78 Å². The van der Waals surface area contributed by atoms with Crippen molar-refractivity contribution < 1.29 is 4.79 Å². The molecular formula is C13H13NO. The largest absolute Gasteiger partial charge is 0.377 e. The molecule has 3 rings (SSSR count). The van der Waals surface area contributed by atoms with Crippen molar-refractivity contribution in [2.24, 2.45) is 0 Å². The molecule has 0 amide bonds. The van der Waals surface area contributed by atoms with E-state index in [1.807, 2.05) is 12.1 Å². The summed E-state index contributed by atoms with van der Waals surface area (Å²) in [5, 5.41) is 0. The molecule has 0 atom stereocenters. The first kappa shape index (κ1) is 8.72. The van der Waals surface area contributed by atoms with Crippen LogP contribution in [0.4, 0.5) is 0 Å². The minimum atomic E-state index is 0.313. The molecule has 0 N–H and O–H groups in total. The molecule has 1 aliphatic heterocycles. The molecule has 1 aliphatic carbocycles. The summed E-state index contributed by atoms with van der Waals surface area (Å²) in [6.07, 6.45) is 1.58. The van der Waals surface area contributed by atoms with Gasteiger partial charge >= 0.3 is 0 Å². The van der Waals surface area contributed by atoms with E-state index in [2.05, 4.69) is 24.1 Å². The molecule has 0 fully saturated rings. The molecular weight excluding hydrogens is 186 g/mol. The van der Waals surface area contributed by atoms with E-state index >= 15 is 0 Å². The van der Waals surface area contributed by atoms with Gasteiger partial charge in [-0.3, -0.25) is 4.79 Å². The molecule has 2 aliphatic rings. The third kappa shape index (κ3) is 1.14. The lowest BCUT2D eigenvalue weighted by atomic mass is 9.98. The standard InChI is InChI=1S/C13H13NO/c1-14-7-6-12(15)13-10-5-3-2-4-9(10)8-11(13)14/h2-5H,6-8H2,1H3. The predicted octanol–water partition coefficient (Wildman–Crippen LogP) is 1.86. The number of carbonyl (C=O) groups excluding carboxylic acids is 1. The maximum atomic E-state index is 11.9. The zero-order valence-corrected chi connectivity index (χ0v) is 8.79. The summed E-state index contributed by atoms with van der Waals surface area (Å²) in [5.74, 6) is 0.313. The average Bonchev–Trinajstić information content (AvgIpc) is 2.64. The highest BCUT2D eigenvalue weighted by Gasteiger charge is 2.31. The predicted molar refractivity (Wildman–Crippen MR) is 59.3 cm³/mol. The molecule has 0 bridgehead atoms. The molecule has 1 aromatic carbocycles. The second kappa shape index (κ2) is 2.96. The summed E-state index contributed by atoms with van der Waals surface area (Å²) in [7, 11) is 2.08. The number of allylic oxidation sites excluding steroid dienone is 2. The van der Waals surface area contributed by atoms with Crippen LogP contribution in [-0.4, -0.2) is 24.3 Å².